The quantitative estimate of drug-likeness (QED) is 0.714. The molecule has 0 spiro atoms. The zero-order valence-corrected chi connectivity index (χ0v) is 16.5. The number of carbonyl (C=O) groups is 1. The van der Waals surface area contributed by atoms with Crippen molar-refractivity contribution in [2.45, 2.75) is 19.4 Å². The molecule has 1 aliphatic heterocycles. The molecule has 1 aliphatic rings. The molecule has 0 saturated heterocycles. The van der Waals surface area contributed by atoms with E-state index in [1.54, 1.807) is 31.4 Å². The summed E-state index contributed by atoms with van der Waals surface area (Å²) in [5, 5.41) is 11.3. The fourth-order valence-electron chi connectivity index (χ4n) is 3.58. The van der Waals surface area contributed by atoms with E-state index in [9.17, 15) is 4.79 Å². The van der Waals surface area contributed by atoms with E-state index in [2.05, 4.69) is 39.5 Å². The number of benzene rings is 2. The Bertz CT molecular complexity index is 1040. The largest absolute Gasteiger partial charge is 0.497 e. The number of amides is 1. The minimum Gasteiger partial charge on any atom is -0.497 e. The lowest BCUT2D eigenvalue weighted by Crippen LogP contribution is -2.25. The number of nitrogens with zero attached hydrogens (tertiary/aromatic N) is 3. The Hall–Kier alpha value is -3.61. The number of nitrogens with one attached hydrogen (secondary N) is 1. The van der Waals surface area contributed by atoms with Gasteiger partial charge < -0.3 is 19.7 Å². The minimum atomic E-state index is -0.359. The van der Waals surface area contributed by atoms with Crippen molar-refractivity contribution in [2.24, 2.45) is 0 Å². The van der Waals surface area contributed by atoms with Crippen LogP contribution in [-0.4, -0.2) is 36.4 Å². The minimum absolute atomic E-state index is 0.228. The van der Waals surface area contributed by atoms with E-state index in [4.69, 9.17) is 9.47 Å². The van der Waals surface area contributed by atoms with E-state index in [0.29, 0.717) is 17.2 Å². The molecule has 3 aromatic rings. The summed E-state index contributed by atoms with van der Waals surface area (Å²) in [5.74, 6) is 1.51. The van der Waals surface area contributed by atoms with E-state index in [1.165, 1.54) is 12.7 Å². The molecule has 148 valence electrons. The molecular weight excluding hydrogens is 368 g/mol. The van der Waals surface area contributed by atoms with Gasteiger partial charge in [-0.1, -0.05) is 18.2 Å². The fraction of sp³-hybridized carbons (Fsp3) is 0.227. The molecule has 1 atom stereocenters. The van der Waals surface area contributed by atoms with E-state index < -0.39 is 0 Å². The smallest absolute Gasteiger partial charge is 0.276 e. The van der Waals surface area contributed by atoms with Crippen molar-refractivity contribution in [3.63, 3.8) is 0 Å². The highest BCUT2D eigenvalue weighted by atomic mass is 16.5. The number of hydrogen-bond acceptors (Lipinski definition) is 6. The maximum Gasteiger partial charge on any atom is 0.276 e. The van der Waals surface area contributed by atoms with Crippen molar-refractivity contribution in [2.75, 3.05) is 24.4 Å². The van der Waals surface area contributed by atoms with Gasteiger partial charge in [-0.2, -0.15) is 0 Å². The first-order chi connectivity index (χ1) is 14.1. The maximum atomic E-state index is 12.6. The van der Waals surface area contributed by atoms with Gasteiger partial charge in [0.25, 0.3) is 5.91 Å². The number of ether oxygens (including phenoxy) is 2. The number of methoxy groups -OCH3 is 2. The van der Waals surface area contributed by atoms with Crippen LogP contribution >= 0.6 is 0 Å². The van der Waals surface area contributed by atoms with Gasteiger partial charge in [-0.3, -0.25) is 4.79 Å². The molecule has 2 aromatic carbocycles. The standard InChI is InChI=1S/C22H22N4O3/c1-14-12-15-6-4-5-7-19(15)26(14)21-11-10-18(24-25-21)22(27)23-17-9-8-16(28-2)13-20(17)29-3/h4-11,13-14H,12H2,1-3H3,(H,23,27). The third kappa shape index (κ3) is 3.59. The molecule has 0 fully saturated rings. The van der Waals surface area contributed by atoms with E-state index in [0.717, 1.165) is 17.9 Å². The number of rotatable bonds is 5. The summed E-state index contributed by atoms with van der Waals surface area (Å²) < 4.78 is 10.5. The lowest BCUT2D eigenvalue weighted by Gasteiger charge is -2.23. The molecular formula is C22H22N4O3. The van der Waals surface area contributed by atoms with E-state index in [-0.39, 0.29) is 17.6 Å². The van der Waals surface area contributed by atoms with Crippen LogP contribution in [0.5, 0.6) is 11.5 Å². The third-order valence-electron chi connectivity index (χ3n) is 4.99. The summed E-state index contributed by atoms with van der Waals surface area (Å²) in [6.07, 6.45) is 0.956. The van der Waals surface area contributed by atoms with Gasteiger partial charge in [-0.05, 0) is 49.2 Å². The molecule has 0 saturated carbocycles. The Morgan fingerprint density at radius 3 is 2.62 bits per heavy atom. The topological polar surface area (TPSA) is 76.6 Å². The van der Waals surface area contributed by atoms with E-state index in [1.807, 2.05) is 18.2 Å². The Kier molecular flexibility index (Phi) is 5.03. The van der Waals surface area contributed by atoms with Crippen molar-refractivity contribution in [3.8, 4) is 11.5 Å². The van der Waals surface area contributed by atoms with Gasteiger partial charge in [0.2, 0.25) is 0 Å². The van der Waals surface area contributed by atoms with Crippen LogP contribution in [0.3, 0.4) is 0 Å². The van der Waals surface area contributed by atoms with Gasteiger partial charge in [-0.25, -0.2) is 0 Å². The van der Waals surface area contributed by atoms with Gasteiger partial charge in [-0.15, -0.1) is 10.2 Å². The predicted molar refractivity (Wildman–Crippen MR) is 111 cm³/mol. The lowest BCUT2D eigenvalue weighted by atomic mass is 10.1. The summed E-state index contributed by atoms with van der Waals surface area (Å²) in [4.78, 5) is 14.8. The van der Waals surface area contributed by atoms with Crippen molar-refractivity contribution >= 4 is 23.1 Å². The van der Waals surface area contributed by atoms with Crippen LogP contribution in [0, 0.1) is 0 Å². The second-order valence-corrected chi connectivity index (χ2v) is 6.85. The normalized spacial score (nSPS) is 15.0. The van der Waals surface area contributed by atoms with Crippen LogP contribution in [-0.2, 0) is 6.42 Å². The average molecular weight is 390 g/mol. The predicted octanol–water partition coefficient (Wildman–Crippen LogP) is 3.83. The molecule has 29 heavy (non-hydrogen) atoms. The van der Waals surface area contributed by atoms with Gasteiger partial charge in [0, 0.05) is 17.8 Å². The number of para-hydroxylation sites is 1. The maximum absolute atomic E-state index is 12.6. The molecule has 0 aliphatic carbocycles. The Morgan fingerprint density at radius 2 is 1.90 bits per heavy atom. The number of carbonyl (C=O) groups excluding carboxylic acids is 1. The van der Waals surface area contributed by atoms with Crippen molar-refractivity contribution in [1.29, 1.82) is 0 Å². The first-order valence-electron chi connectivity index (χ1n) is 9.35. The second-order valence-electron chi connectivity index (χ2n) is 6.85. The van der Waals surface area contributed by atoms with Crippen molar-refractivity contribution < 1.29 is 14.3 Å². The first kappa shape index (κ1) is 18.7. The summed E-state index contributed by atoms with van der Waals surface area (Å²) >= 11 is 0. The number of aromatic nitrogens is 2. The second kappa shape index (κ2) is 7.79. The fourth-order valence-corrected chi connectivity index (χ4v) is 3.58. The summed E-state index contributed by atoms with van der Waals surface area (Å²) in [6.45, 7) is 2.15. The Labute approximate surface area is 169 Å². The third-order valence-corrected chi connectivity index (χ3v) is 4.99. The highest BCUT2D eigenvalue weighted by Gasteiger charge is 2.28. The average Bonchev–Trinajstić information content (AvgIpc) is 3.09. The highest BCUT2D eigenvalue weighted by molar-refractivity contribution is 6.03. The first-order valence-corrected chi connectivity index (χ1v) is 9.35. The Balaban J connectivity index is 1.53. The molecule has 1 unspecified atom stereocenters. The Morgan fingerprint density at radius 1 is 1.07 bits per heavy atom. The van der Waals surface area contributed by atoms with Crippen LogP contribution in [0.4, 0.5) is 17.2 Å². The molecule has 0 bridgehead atoms. The summed E-state index contributed by atoms with van der Waals surface area (Å²) in [7, 11) is 3.11. The van der Waals surface area contributed by atoms with Crippen LogP contribution in [0.2, 0.25) is 0 Å². The molecule has 7 nitrogen and oxygen atoms in total. The van der Waals surface area contributed by atoms with Crippen LogP contribution in [0.25, 0.3) is 0 Å². The molecule has 1 N–H and O–H groups in total. The molecule has 4 rings (SSSR count). The molecule has 0 radical (unpaired) electrons. The number of hydrogen-bond donors (Lipinski definition) is 1. The number of anilines is 3. The van der Waals surface area contributed by atoms with Crippen LogP contribution in [0.15, 0.2) is 54.6 Å². The van der Waals surface area contributed by atoms with Gasteiger partial charge in [0.15, 0.2) is 11.5 Å². The lowest BCUT2D eigenvalue weighted by molar-refractivity contribution is 0.102. The SMILES string of the molecule is COc1ccc(NC(=O)c2ccc(N3c4ccccc4CC3C)nn2)c(OC)c1. The van der Waals surface area contributed by atoms with Crippen LogP contribution < -0.4 is 19.7 Å². The van der Waals surface area contributed by atoms with Gasteiger partial charge >= 0.3 is 0 Å². The zero-order chi connectivity index (χ0) is 20.4. The monoisotopic (exact) mass is 390 g/mol. The zero-order valence-electron chi connectivity index (χ0n) is 16.5. The molecule has 7 heteroatoms. The molecule has 1 amide bonds. The van der Waals surface area contributed by atoms with Crippen molar-refractivity contribution in [1.82, 2.24) is 10.2 Å². The highest BCUT2D eigenvalue weighted by Crippen LogP contribution is 2.36. The molecule has 2 heterocycles. The summed E-state index contributed by atoms with van der Waals surface area (Å²) in [6, 6.07) is 17.2. The van der Waals surface area contributed by atoms with Gasteiger partial charge in [0.1, 0.15) is 11.5 Å². The van der Waals surface area contributed by atoms with E-state index >= 15 is 0 Å². The van der Waals surface area contributed by atoms with Crippen LogP contribution in [0.1, 0.15) is 23.0 Å². The van der Waals surface area contributed by atoms with Crippen molar-refractivity contribution in [3.05, 3.63) is 65.9 Å². The molecule has 1 aromatic heterocycles. The summed E-state index contributed by atoms with van der Waals surface area (Å²) in [5.41, 5.74) is 3.18. The van der Waals surface area contributed by atoms with Gasteiger partial charge in [0.05, 0.1) is 19.9 Å². The number of fused-ring (bicyclic) bond motifs is 1.